The van der Waals surface area contributed by atoms with E-state index >= 15 is 0 Å². The number of hydrogen-bond acceptors (Lipinski definition) is 2. The van der Waals surface area contributed by atoms with Gasteiger partial charge in [0.05, 0.1) is 0 Å². The summed E-state index contributed by atoms with van der Waals surface area (Å²) in [6, 6.07) is 2.59. The van der Waals surface area contributed by atoms with Gasteiger partial charge < -0.3 is 9.47 Å². The van der Waals surface area contributed by atoms with Gasteiger partial charge in [-0.1, -0.05) is 18.7 Å². The number of benzene rings is 1. The smallest absolute Gasteiger partial charge is 0.483 e. The van der Waals surface area contributed by atoms with E-state index < -0.39 is 36.6 Å². The second-order valence-electron chi connectivity index (χ2n) is 3.95. The number of ether oxygens (including phenoxy) is 2. The molecule has 0 aliphatic carbocycles. The van der Waals surface area contributed by atoms with Crippen molar-refractivity contribution in [3.8, 4) is 11.5 Å². The Kier molecular flexibility index (Phi) is 4.93. The van der Waals surface area contributed by atoms with Crippen molar-refractivity contribution in [1.29, 1.82) is 0 Å². The third-order valence-electron chi connectivity index (χ3n) is 2.25. The van der Waals surface area contributed by atoms with Crippen LogP contribution in [0.3, 0.4) is 0 Å². The molecule has 0 atom stereocenters. The van der Waals surface area contributed by atoms with E-state index in [4.69, 9.17) is 0 Å². The first-order valence-electron chi connectivity index (χ1n) is 5.45. The summed E-state index contributed by atoms with van der Waals surface area (Å²) in [4.78, 5) is 0. The molecule has 0 aliphatic rings. The highest BCUT2D eigenvalue weighted by Gasteiger charge is 2.58. The Morgan fingerprint density at radius 3 is 2.00 bits per heavy atom. The minimum Gasteiger partial charge on any atom is -0.483 e. The van der Waals surface area contributed by atoms with E-state index in [0.717, 1.165) is 18.2 Å². The summed E-state index contributed by atoms with van der Waals surface area (Å²) in [6.45, 7) is 1.09. The predicted molar refractivity (Wildman–Crippen MR) is 59.7 cm³/mol. The first-order chi connectivity index (χ1) is 9.86. The molecule has 1 rings (SSSR count). The Balaban J connectivity index is 3.03. The van der Waals surface area contributed by atoms with E-state index in [9.17, 15) is 35.1 Å². The first kappa shape index (κ1) is 18.1. The van der Waals surface area contributed by atoms with Crippen LogP contribution in [-0.4, -0.2) is 25.1 Å². The molecular weight excluding hydrogens is 328 g/mol. The fourth-order valence-electron chi connectivity index (χ4n) is 1.22. The van der Waals surface area contributed by atoms with Crippen molar-refractivity contribution in [3.63, 3.8) is 0 Å². The zero-order chi connectivity index (χ0) is 17.2. The molecule has 0 N–H and O–H groups in total. The molecule has 0 spiro atoms. The average Bonchev–Trinajstić information content (AvgIpc) is 2.34. The van der Waals surface area contributed by atoms with Crippen molar-refractivity contribution in [2.45, 2.75) is 18.5 Å². The van der Waals surface area contributed by atoms with E-state index in [1.807, 2.05) is 0 Å². The van der Waals surface area contributed by atoms with E-state index in [0.29, 0.717) is 6.07 Å². The highest BCUT2D eigenvalue weighted by Crippen LogP contribution is 2.38. The highest BCUT2D eigenvalue weighted by molar-refractivity contribution is 5.54. The topological polar surface area (TPSA) is 18.5 Å². The maximum atomic E-state index is 12.7. The van der Waals surface area contributed by atoms with Crippen molar-refractivity contribution < 1.29 is 44.6 Å². The van der Waals surface area contributed by atoms with Crippen LogP contribution in [0, 0.1) is 0 Å². The molecule has 0 unspecified atom stereocenters. The Morgan fingerprint density at radius 2 is 1.55 bits per heavy atom. The minimum atomic E-state index is -5.89. The normalized spacial score (nSPS) is 12.9. The van der Waals surface area contributed by atoms with Gasteiger partial charge in [0.2, 0.25) is 0 Å². The van der Waals surface area contributed by atoms with Gasteiger partial charge in [-0.3, -0.25) is 0 Å². The zero-order valence-electron chi connectivity index (χ0n) is 10.6. The van der Waals surface area contributed by atoms with Crippen LogP contribution in [-0.2, 0) is 0 Å². The van der Waals surface area contributed by atoms with Crippen molar-refractivity contribution in [2.75, 3.05) is 6.61 Å². The lowest BCUT2D eigenvalue weighted by molar-refractivity contribution is -0.291. The summed E-state index contributed by atoms with van der Waals surface area (Å²) in [6.07, 6.45) is -9.93. The van der Waals surface area contributed by atoms with Crippen molar-refractivity contribution in [3.05, 3.63) is 30.3 Å². The molecule has 22 heavy (non-hydrogen) atoms. The van der Waals surface area contributed by atoms with E-state index in [-0.39, 0.29) is 5.56 Å². The molecule has 0 saturated carbocycles. The standard InChI is InChI=1S/C12H8F8O2/c1-2-7-3-4-8(22-12(18,19)20)9(5-7)21-6-10(13,14)11(15,16)17/h2-5H,1,6H2. The summed E-state index contributed by atoms with van der Waals surface area (Å²) in [5, 5.41) is 0. The van der Waals surface area contributed by atoms with Crippen LogP contribution in [0.25, 0.3) is 6.08 Å². The molecule has 2 nitrogen and oxygen atoms in total. The number of halogens is 8. The Bertz CT molecular complexity index is 533. The molecule has 0 fully saturated rings. The van der Waals surface area contributed by atoms with Gasteiger partial charge in [-0.25, -0.2) is 0 Å². The third-order valence-corrected chi connectivity index (χ3v) is 2.25. The predicted octanol–water partition coefficient (Wildman–Crippen LogP) is 4.80. The summed E-state index contributed by atoms with van der Waals surface area (Å²) in [7, 11) is 0. The van der Waals surface area contributed by atoms with Crippen molar-refractivity contribution in [2.24, 2.45) is 0 Å². The maximum absolute atomic E-state index is 12.7. The van der Waals surface area contributed by atoms with E-state index in [2.05, 4.69) is 16.1 Å². The largest absolute Gasteiger partial charge is 0.573 e. The maximum Gasteiger partial charge on any atom is 0.573 e. The lowest BCUT2D eigenvalue weighted by Crippen LogP contribution is -2.41. The Labute approximate surface area is 118 Å². The van der Waals surface area contributed by atoms with Crippen molar-refractivity contribution >= 4 is 6.08 Å². The molecule has 0 heterocycles. The van der Waals surface area contributed by atoms with Crippen LogP contribution in [0.5, 0.6) is 11.5 Å². The molecule has 0 amide bonds. The first-order valence-corrected chi connectivity index (χ1v) is 5.45. The van der Waals surface area contributed by atoms with Gasteiger partial charge in [0.1, 0.15) is 0 Å². The second kappa shape index (κ2) is 6.01. The molecule has 10 heteroatoms. The van der Waals surface area contributed by atoms with Gasteiger partial charge in [-0.2, -0.15) is 22.0 Å². The monoisotopic (exact) mass is 336 g/mol. The molecule has 0 saturated heterocycles. The summed E-state index contributed by atoms with van der Waals surface area (Å²) < 4.78 is 106. The second-order valence-corrected chi connectivity index (χ2v) is 3.95. The van der Waals surface area contributed by atoms with Crippen LogP contribution >= 0.6 is 0 Å². The zero-order valence-corrected chi connectivity index (χ0v) is 10.6. The highest BCUT2D eigenvalue weighted by atomic mass is 19.4. The number of hydrogen-bond donors (Lipinski definition) is 0. The SMILES string of the molecule is C=Cc1ccc(OC(F)(F)F)c(OCC(F)(F)C(F)(F)F)c1. The third kappa shape index (κ3) is 4.78. The average molecular weight is 336 g/mol. The molecule has 0 aliphatic heterocycles. The van der Waals surface area contributed by atoms with Crippen LogP contribution in [0.4, 0.5) is 35.1 Å². The molecule has 1 aromatic rings. The fraction of sp³-hybridized carbons (Fsp3) is 0.333. The van der Waals surface area contributed by atoms with Gasteiger partial charge in [-0.05, 0) is 17.7 Å². The van der Waals surface area contributed by atoms with Gasteiger partial charge in [-0.15, -0.1) is 13.2 Å². The summed E-state index contributed by atoms with van der Waals surface area (Å²) in [5.74, 6) is -7.19. The molecule has 0 radical (unpaired) electrons. The molecule has 0 bridgehead atoms. The van der Waals surface area contributed by atoms with Gasteiger partial charge in [0.15, 0.2) is 18.1 Å². The van der Waals surface area contributed by atoms with Gasteiger partial charge >= 0.3 is 18.5 Å². The summed E-state index contributed by atoms with van der Waals surface area (Å²) in [5.41, 5.74) is 0.139. The minimum absolute atomic E-state index is 0.139. The summed E-state index contributed by atoms with van der Waals surface area (Å²) >= 11 is 0. The van der Waals surface area contributed by atoms with Crippen LogP contribution < -0.4 is 9.47 Å². The van der Waals surface area contributed by atoms with Crippen LogP contribution in [0.15, 0.2) is 24.8 Å². The van der Waals surface area contributed by atoms with Gasteiger partial charge in [0.25, 0.3) is 0 Å². The molecule has 1 aromatic carbocycles. The van der Waals surface area contributed by atoms with Crippen LogP contribution in [0.1, 0.15) is 5.56 Å². The van der Waals surface area contributed by atoms with E-state index in [1.165, 1.54) is 0 Å². The quantitative estimate of drug-likeness (QED) is 0.719. The van der Waals surface area contributed by atoms with E-state index in [1.54, 1.807) is 0 Å². The van der Waals surface area contributed by atoms with Crippen LogP contribution in [0.2, 0.25) is 0 Å². The molecular formula is C12H8F8O2. The van der Waals surface area contributed by atoms with Crippen molar-refractivity contribution in [1.82, 2.24) is 0 Å². The molecule has 124 valence electrons. The lowest BCUT2D eigenvalue weighted by atomic mass is 10.2. The van der Waals surface area contributed by atoms with Gasteiger partial charge in [0, 0.05) is 0 Å². The number of alkyl halides is 8. The lowest BCUT2D eigenvalue weighted by Gasteiger charge is -2.21. The Morgan fingerprint density at radius 1 is 0.955 bits per heavy atom. The molecule has 0 aromatic heterocycles. The number of rotatable bonds is 5. The fourth-order valence-corrected chi connectivity index (χ4v) is 1.22. The Hall–Kier alpha value is -2.00.